The maximum Gasteiger partial charge on any atom is 0.180 e. The summed E-state index contributed by atoms with van der Waals surface area (Å²) in [5.74, 6) is 0. The van der Waals surface area contributed by atoms with Crippen LogP contribution in [0.2, 0.25) is 0 Å². The van der Waals surface area contributed by atoms with E-state index in [1.54, 1.807) is 12.5 Å². The van der Waals surface area contributed by atoms with E-state index in [0.717, 1.165) is 0 Å². The molecule has 0 aromatic carbocycles. The molecule has 0 radical (unpaired) electrons. The van der Waals surface area contributed by atoms with Crippen molar-refractivity contribution < 1.29 is 14.4 Å². The van der Waals surface area contributed by atoms with Crippen LogP contribution in [0.4, 0.5) is 5.13 Å². The number of nitrogens with zero attached hydrogens (tertiary/aromatic N) is 2. The normalized spacial score (nSPS) is 11.4. The molecular weight excluding hydrogens is 218 g/mol. The van der Waals surface area contributed by atoms with Crippen LogP contribution in [-0.2, 0) is 14.4 Å². The van der Waals surface area contributed by atoms with Gasteiger partial charge in [0.2, 0.25) is 0 Å². The second kappa shape index (κ2) is 6.10. The van der Waals surface area contributed by atoms with Gasteiger partial charge in [-0.2, -0.15) is 0 Å². The summed E-state index contributed by atoms with van der Waals surface area (Å²) in [5, 5.41) is 5.65. The lowest BCUT2D eigenvalue weighted by atomic mass is 10.3. The van der Waals surface area contributed by atoms with Gasteiger partial charge < -0.3 is 15.3 Å². The van der Waals surface area contributed by atoms with Crippen LogP contribution in [0, 0.1) is 0 Å². The van der Waals surface area contributed by atoms with E-state index < -0.39 is 0 Å². The number of hydrogen-bond acceptors (Lipinski definition) is 7. The van der Waals surface area contributed by atoms with Crippen LogP contribution < -0.4 is 5.73 Å². The summed E-state index contributed by atoms with van der Waals surface area (Å²) in [7, 11) is 1.55. The highest BCUT2D eigenvalue weighted by Gasteiger charge is 2.07. The number of oxime groups is 1. The largest absolute Gasteiger partial charge is 0.393 e. The highest BCUT2D eigenvalue weighted by molar-refractivity contribution is 7.13. The summed E-state index contributed by atoms with van der Waals surface area (Å²) < 4.78 is 4.75. The van der Waals surface area contributed by atoms with Crippen molar-refractivity contribution >= 4 is 28.5 Å². The van der Waals surface area contributed by atoms with Gasteiger partial charge >= 0.3 is 0 Å². The first-order chi connectivity index (χ1) is 7.27. The highest BCUT2D eigenvalue weighted by Crippen LogP contribution is 2.11. The molecule has 0 bridgehead atoms. The first kappa shape index (κ1) is 11.6. The van der Waals surface area contributed by atoms with E-state index in [4.69, 9.17) is 15.3 Å². The molecule has 82 valence electrons. The van der Waals surface area contributed by atoms with Crippen LogP contribution in [0.15, 0.2) is 10.5 Å². The van der Waals surface area contributed by atoms with Gasteiger partial charge in [0.15, 0.2) is 17.1 Å². The Labute approximate surface area is 90.7 Å². The highest BCUT2D eigenvalue weighted by atomic mass is 32.1. The molecule has 6 nitrogen and oxygen atoms in total. The Morgan fingerprint density at radius 2 is 2.53 bits per heavy atom. The number of aromatic nitrogens is 1. The van der Waals surface area contributed by atoms with Crippen molar-refractivity contribution in [3.63, 3.8) is 0 Å². The van der Waals surface area contributed by atoms with Crippen molar-refractivity contribution in [3.05, 3.63) is 11.1 Å². The molecule has 15 heavy (non-hydrogen) atoms. The molecule has 0 atom stereocenters. The number of thiazole rings is 1. The van der Waals surface area contributed by atoms with Crippen LogP contribution >= 0.6 is 11.3 Å². The zero-order valence-corrected chi connectivity index (χ0v) is 8.99. The van der Waals surface area contributed by atoms with Crippen molar-refractivity contribution in [2.45, 2.75) is 0 Å². The number of rotatable bonds is 6. The van der Waals surface area contributed by atoms with Crippen molar-refractivity contribution in [2.24, 2.45) is 5.16 Å². The molecule has 0 spiro atoms. The molecule has 0 amide bonds. The minimum Gasteiger partial charge on any atom is -0.393 e. The van der Waals surface area contributed by atoms with Gasteiger partial charge in [0.25, 0.3) is 0 Å². The molecule has 0 fully saturated rings. The Morgan fingerprint density at radius 3 is 3.07 bits per heavy atom. The standard InChI is InChI=1S/C8H11N3O3S/c1-13-2-3-14-11-6(4-12)7-5-15-8(9)10-7/h4-5H,2-3H2,1H3,(H2,9,10). The molecule has 0 saturated heterocycles. The summed E-state index contributed by atoms with van der Waals surface area (Å²) in [6.45, 7) is 0.697. The fraction of sp³-hybridized carbons (Fsp3) is 0.375. The Kier molecular flexibility index (Phi) is 4.72. The van der Waals surface area contributed by atoms with E-state index in [1.165, 1.54) is 11.3 Å². The van der Waals surface area contributed by atoms with Crippen LogP contribution in [0.1, 0.15) is 5.69 Å². The van der Waals surface area contributed by atoms with E-state index in [0.29, 0.717) is 23.7 Å². The maximum absolute atomic E-state index is 10.7. The summed E-state index contributed by atoms with van der Waals surface area (Å²) in [4.78, 5) is 19.4. The fourth-order valence-electron chi connectivity index (χ4n) is 0.770. The third kappa shape index (κ3) is 3.64. The molecule has 0 aliphatic carbocycles. The molecule has 0 unspecified atom stereocenters. The van der Waals surface area contributed by atoms with Gasteiger partial charge in [0.1, 0.15) is 12.3 Å². The van der Waals surface area contributed by atoms with Crippen LogP contribution in [0.5, 0.6) is 0 Å². The molecular formula is C8H11N3O3S. The molecule has 2 N–H and O–H groups in total. The minimum absolute atomic E-state index is 0.124. The fourth-order valence-corrected chi connectivity index (χ4v) is 1.33. The number of nitrogens with two attached hydrogens (primary N) is 1. The third-order valence-corrected chi connectivity index (χ3v) is 2.11. The lowest BCUT2D eigenvalue weighted by Crippen LogP contribution is -2.06. The zero-order chi connectivity index (χ0) is 11.1. The molecule has 1 rings (SSSR count). The van der Waals surface area contributed by atoms with Crippen LogP contribution in [0.3, 0.4) is 0 Å². The summed E-state index contributed by atoms with van der Waals surface area (Å²) >= 11 is 1.24. The molecule has 1 heterocycles. The molecule has 0 aliphatic heterocycles. The summed E-state index contributed by atoms with van der Waals surface area (Å²) in [6.07, 6.45) is 0.571. The molecule has 0 aliphatic rings. The topological polar surface area (TPSA) is 86.8 Å². The third-order valence-electron chi connectivity index (χ3n) is 1.44. The number of nitrogen functional groups attached to an aromatic ring is 1. The number of ether oxygens (including phenoxy) is 1. The lowest BCUT2D eigenvalue weighted by molar-refractivity contribution is -0.102. The van der Waals surface area contributed by atoms with Crippen molar-refractivity contribution in [3.8, 4) is 0 Å². The molecule has 7 heteroatoms. The van der Waals surface area contributed by atoms with Gasteiger partial charge in [0, 0.05) is 12.5 Å². The van der Waals surface area contributed by atoms with Crippen molar-refractivity contribution in [1.29, 1.82) is 0 Å². The van der Waals surface area contributed by atoms with Crippen molar-refractivity contribution in [2.75, 3.05) is 26.1 Å². The Morgan fingerprint density at radius 1 is 1.73 bits per heavy atom. The van der Waals surface area contributed by atoms with E-state index in [1.807, 2.05) is 0 Å². The maximum atomic E-state index is 10.7. The van der Waals surface area contributed by atoms with E-state index >= 15 is 0 Å². The number of carbonyl (C=O) groups excluding carboxylic acids is 1. The number of aldehydes is 1. The Balaban J connectivity index is 2.59. The summed E-state index contributed by atoms with van der Waals surface area (Å²) in [6, 6.07) is 0. The molecule has 1 aromatic rings. The van der Waals surface area contributed by atoms with E-state index in [9.17, 15) is 4.79 Å². The minimum atomic E-state index is 0.124. The quantitative estimate of drug-likeness (QED) is 0.328. The predicted molar refractivity (Wildman–Crippen MR) is 57.0 cm³/mol. The van der Waals surface area contributed by atoms with Crippen LogP contribution in [0.25, 0.3) is 0 Å². The van der Waals surface area contributed by atoms with Gasteiger partial charge in [-0.05, 0) is 0 Å². The zero-order valence-electron chi connectivity index (χ0n) is 8.17. The van der Waals surface area contributed by atoms with E-state index in [-0.39, 0.29) is 12.3 Å². The van der Waals surface area contributed by atoms with Crippen LogP contribution in [-0.4, -0.2) is 37.3 Å². The van der Waals surface area contributed by atoms with Crippen molar-refractivity contribution in [1.82, 2.24) is 4.98 Å². The number of anilines is 1. The second-order valence-corrected chi connectivity index (χ2v) is 3.38. The van der Waals surface area contributed by atoms with Gasteiger partial charge in [-0.15, -0.1) is 11.3 Å². The number of methoxy groups -OCH3 is 1. The average molecular weight is 229 g/mol. The first-order valence-electron chi connectivity index (χ1n) is 4.13. The van der Waals surface area contributed by atoms with E-state index in [2.05, 4.69) is 10.1 Å². The first-order valence-corrected chi connectivity index (χ1v) is 5.01. The van der Waals surface area contributed by atoms with Gasteiger partial charge in [0.05, 0.1) is 6.61 Å². The average Bonchev–Trinajstić information content (AvgIpc) is 2.65. The lowest BCUT2D eigenvalue weighted by Gasteiger charge is -1.98. The number of hydrogen-bond donors (Lipinski definition) is 1. The van der Waals surface area contributed by atoms with Gasteiger partial charge in [-0.3, -0.25) is 4.79 Å². The summed E-state index contributed by atoms with van der Waals surface area (Å²) in [5.41, 5.74) is 5.97. The monoisotopic (exact) mass is 229 g/mol. The van der Waals surface area contributed by atoms with Gasteiger partial charge in [-0.1, -0.05) is 5.16 Å². The number of carbonyl (C=O) groups is 1. The smallest absolute Gasteiger partial charge is 0.180 e. The Hall–Kier alpha value is -1.47. The van der Waals surface area contributed by atoms with Gasteiger partial charge in [-0.25, -0.2) is 4.98 Å². The Bertz CT molecular complexity index is 351. The second-order valence-electron chi connectivity index (χ2n) is 2.49. The SMILES string of the molecule is COCCON=C(C=O)c1csc(N)n1. The predicted octanol–water partition coefficient (Wildman–Crippen LogP) is 0.291. The molecule has 1 aromatic heterocycles. The molecule has 0 saturated carbocycles.